The molecule has 0 spiro atoms. The molecule has 0 radical (unpaired) electrons. The summed E-state index contributed by atoms with van der Waals surface area (Å²) < 4.78 is 0. The lowest BCUT2D eigenvalue weighted by Gasteiger charge is -1.97. The van der Waals surface area contributed by atoms with Crippen molar-refractivity contribution in [1.29, 1.82) is 0 Å². The molecule has 2 heterocycles. The van der Waals surface area contributed by atoms with Crippen LogP contribution in [0, 0.1) is 0 Å². The quantitative estimate of drug-likeness (QED) is 0.651. The van der Waals surface area contributed by atoms with Gasteiger partial charge in [0.05, 0.1) is 0 Å². The number of hydrogen-bond donors (Lipinski definition) is 1. The minimum Gasteiger partial charge on any atom is -0.357 e. The molecule has 0 bridgehead atoms. The van der Waals surface area contributed by atoms with Gasteiger partial charge in [0.1, 0.15) is 17.4 Å². The van der Waals surface area contributed by atoms with E-state index in [2.05, 4.69) is 15.0 Å². The maximum atomic E-state index is 5.98. The first-order valence-corrected chi connectivity index (χ1v) is 5.27. The topological polar surface area (TPSA) is 41.6 Å². The summed E-state index contributed by atoms with van der Waals surface area (Å²) >= 11 is 5.98. The molecule has 3 rings (SSSR count). The van der Waals surface area contributed by atoms with E-state index >= 15 is 0 Å². The molecule has 0 aliphatic heterocycles. The normalized spacial score (nSPS) is 10.8. The van der Waals surface area contributed by atoms with E-state index in [9.17, 15) is 0 Å². The molecule has 78 valence electrons. The van der Waals surface area contributed by atoms with Crippen molar-refractivity contribution in [3.8, 4) is 11.1 Å². The first-order chi connectivity index (χ1) is 7.86. The standard InChI is InChI=1S/C12H8ClN3/c13-12-11-10(15-7-16-12)9(6-14-11)8-4-2-1-3-5-8/h1-7,14H. The predicted octanol–water partition coefficient (Wildman–Crippen LogP) is 3.28. The Morgan fingerprint density at radius 2 is 1.88 bits per heavy atom. The molecular weight excluding hydrogens is 222 g/mol. The van der Waals surface area contributed by atoms with Crippen LogP contribution in [0.15, 0.2) is 42.9 Å². The highest BCUT2D eigenvalue weighted by atomic mass is 35.5. The number of fused-ring (bicyclic) bond motifs is 1. The second-order valence-electron chi connectivity index (χ2n) is 3.46. The molecule has 4 heteroatoms. The third kappa shape index (κ3) is 1.37. The lowest BCUT2D eigenvalue weighted by atomic mass is 10.1. The number of H-pyrrole nitrogens is 1. The summed E-state index contributed by atoms with van der Waals surface area (Å²) in [5.74, 6) is 0. The van der Waals surface area contributed by atoms with Gasteiger partial charge in [-0.2, -0.15) is 0 Å². The lowest BCUT2D eigenvalue weighted by molar-refractivity contribution is 1.22. The van der Waals surface area contributed by atoms with Gasteiger partial charge in [-0.3, -0.25) is 0 Å². The summed E-state index contributed by atoms with van der Waals surface area (Å²) in [7, 11) is 0. The van der Waals surface area contributed by atoms with E-state index < -0.39 is 0 Å². The maximum Gasteiger partial charge on any atom is 0.156 e. The molecule has 0 aliphatic carbocycles. The van der Waals surface area contributed by atoms with Crippen LogP contribution in [0.3, 0.4) is 0 Å². The minimum absolute atomic E-state index is 0.451. The number of nitrogens with one attached hydrogen (secondary N) is 1. The Morgan fingerprint density at radius 3 is 2.69 bits per heavy atom. The molecular formula is C12H8ClN3. The van der Waals surface area contributed by atoms with E-state index in [0.717, 1.165) is 22.2 Å². The molecule has 16 heavy (non-hydrogen) atoms. The van der Waals surface area contributed by atoms with Gasteiger partial charge in [-0.1, -0.05) is 41.9 Å². The van der Waals surface area contributed by atoms with Crippen LogP contribution in [0.4, 0.5) is 0 Å². The zero-order chi connectivity index (χ0) is 11.0. The van der Waals surface area contributed by atoms with Gasteiger partial charge in [-0.15, -0.1) is 0 Å². The highest BCUT2D eigenvalue weighted by molar-refractivity contribution is 6.33. The van der Waals surface area contributed by atoms with Crippen molar-refractivity contribution in [3.63, 3.8) is 0 Å². The molecule has 1 N–H and O–H groups in total. The van der Waals surface area contributed by atoms with E-state index in [-0.39, 0.29) is 0 Å². The fourth-order valence-corrected chi connectivity index (χ4v) is 1.93. The predicted molar refractivity (Wildman–Crippen MR) is 64.3 cm³/mol. The lowest BCUT2D eigenvalue weighted by Crippen LogP contribution is -1.82. The Kier molecular flexibility index (Phi) is 2.11. The Labute approximate surface area is 97.1 Å². The maximum absolute atomic E-state index is 5.98. The van der Waals surface area contributed by atoms with Gasteiger partial charge >= 0.3 is 0 Å². The van der Waals surface area contributed by atoms with Crippen molar-refractivity contribution >= 4 is 22.6 Å². The number of rotatable bonds is 1. The molecule has 0 fully saturated rings. The van der Waals surface area contributed by atoms with Gasteiger partial charge in [-0.05, 0) is 5.56 Å². The van der Waals surface area contributed by atoms with Crippen molar-refractivity contribution in [2.45, 2.75) is 0 Å². The first kappa shape index (κ1) is 9.36. The number of halogens is 1. The average Bonchev–Trinajstić information content (AvgIpc) is 2.75. The molecule has 1 aromatic carbocycles. The Morgan fingerprint density at radius 1 is 1.06 bits per heavy atom. The largest absolute Gasteiger partial charge is 0.357 e. The Balaban J connectivity index is 2.30. The van der Waals surface area contributed by atoms with E-state index in [1.165, 1.54) is 6.33 Å². The molecule has 0 unspecified atom stereocenters. The summed E-state index contributed by atoms with van der Waals surface area (Å²) in [6.07, 6.45) is 3.38. The van der Waals surface area contributed by atoms with Gasteiger partial charge in [0.15, 0.2) is 5.15 Å². The van der Waals surface area contributed by atoms with Gasteiger partial charge in [0.25, 0.3) is 0 Å². The van der Waals surface area contributed by atoms with Crippen molar-refractivity contribution in [2.75, 3.05) is 0 Å². The van der Waals surface area contributed by atoms with Crippen molar-refractivity contribution in [2.24, 2.45) is 0 Å². The summed E-state index contributed by atoms with van der Waals surface area (Å²) in [4.78, 5) is 11.3. The molecule has 0 saturated carbocycles. The average molecular weight is 230 g/mol. The Hall–Kier alpha value is -1.87. The van der Waals surface area contributed by atoms with Crippen LogP contribution < -0.4 is 0 Å². The van der Waals surface area contributed by atoms with E-state index in [1.807, 2.05) is 36.5 Å². The third-order valence-corrected chi connectivity index (χ3v) is 2.79. The number of benzene rings is 1. The molecule has 3 nitrogen and oxygen atoms in total. The SMILES string of the molecule is Clc1ncnc2c(-c3ccccc3)c[nH]c12. The fourth-order valence-electron chi connectivity index (χ4n) is 1.75. The second-order valence-corrected chi connectivity index (χ2v) is 3.81. The molecule has 0 atom stereocenters. The minimum atomic E-state index is 0.451. The molecule has 0 amide bonds. The number of aromatic nitrogens is 3. The number of hydrogen-bond acceptors (Lipinski definition) is 2. The molecule has 3 aromatic rings. The second kappa shape index (κ2) is 3.61. The van der Waals surface area contributed by atoms with Gasteiger partial charge < -0.3 is 4.98 Å². The van der Waals surface area contributed by atoms with Crippen LogP contribution >= 0.6 is 11.6 Å². The molecule has 0 saturated heterocycles. The van der Waals surface area contributed by atoms with E-state index in [1.54, 1.807) is 0 Å². The number of nitrogens with zero attached hydrogens (tertiary/aromatic N) is 2. The fraction of sp³-hybridized carbons (Fsp3) is 0. The zero-order valence-corrected chi connectivity index (χ0v) is 9.07. The number of aromatic amines is 1. The first-order valence-electron chi connectivity index (χ1n) is 4.89. The monoisotopic (exact) mass is 229 g/mol. The highest BCUT2D eigenvalue weighted by Gasteiger charge is 2.09. The van der Waals surface area contributed by atoms with Crippen LogP contribution in [0.2, 0.25) is 5.15 Å². The summed E-state index contributed by atoms with van der Waals surface area (Å²) in [6.45, 7) is 0. The van der Waals surface area contributed by atoms with Gasteiger partial charge in [0, 0.05) is 11.8 Å². The van der Waals surface area contributed by atoms with Gasteiger partial charge in [0.2, 0.25) is 0 Å². The van der Waals surface area contributed by atoms with Crippen molar-refractivity contribution in [3.05, 3.63) is 48.0 Å². The summed E-state index contributed by atoms with van der Waals surface area (Å²) in [5.41, 5.74) is 3.79. The third-order valence-electron chi connectivity index (χ3n) is 2.50. The molecule has 2 aromatic heterocycles. The highest BCUT2D eigenvalue weighted by Crippen LogP contribution is 2.28. The summed E-state index contributed by atoms with van der Waals surface area (Å²) in [6, 6.07) is 10.1. The van der Waals surface area contributed by atoms with Crippen LogP contribution in [-0.2, 0) is 0 Å². The van der Waals surface area contributed by atoms with E-state index in [0.29, 0.717) is 5.15 Å². The summed E-state index contributed by atoms with van der Waals surface area (Å²) in [5, 5.41) is 0.451. The van der Waals surface area contributed by atoms with Crippen LogP contribution in [0.1, 0.15) is 0 Å². The van der Waals surface area contributed by atoms with Crippen LogP contribution in [-0.4, -0.2) is 15.0 Å². The van der Waals surface area contributed by atoms with Crippen molar-refractivity contribution < 1.29 is 0 Å². The van der Waals surface area contributed by atoms with Crippen LogP contribution in [0.5, 0.6) is 0 Å². The molecule has 0 aliphatic rings. The zero-order valence-electron chi connectivity index (χ0n) is 8.31. The van der Waals surface area contributed by atoms with Crippen molar-refractivity contribution in [1.82, 2.24) is 15.0 Å². The van der Waals surface area contributed by atoms with E-state index in [4.69, 9.17) is 11.6 Å². The van der Waals surface area contributed by atoms with Crippen LogP contribution in [0.25, 0.3) is 22.2 Å². The Bertz CT molecular complexity index is 631. The smallest absolute Gasteiger partial charge is 0.156 e. The van der Waals surface area contributed by atoms with Gasteiger partial charge in [-0.25, -0.2) is 9.97 Å².